The van der Waals surface area contributed by atoms with Crippen molar-refractivity contribution in [1.29, 1.82) is 0 Å². The van der Waals surface area contributed by atoms with Crippen molar-refractivity contribution in [2.75, 3.05) is 13.1 Å². The lowest BCUT2D eigenvalue weighted by Gasteiger charge is -2.17. The standard InChI is InChI=1S/C19H19FN2O2/c20-14-3-1-13(2-4-14)17-11-18(17)19(23)22-10-7-16(12-22)24-15-5-8-21-9-6-15/h1-6,8-9,16-18H,7,10-12H2/t16-,17+,18+/m0/s1. The summed E-state index contributed by atoms with van der Waals surface area (Å²) >= 11 is 0. The zero-order valence-corrected chi connectivity index (χ0v) is 13.3. The molecule has 0 spiro atoms. The third kappa shape index (κ3) is 3.11. The number of nitrogens with zero attached hydrogens (tertiary/aromatic N) is 2. The first-order chi connectivity index (χ1) is 11.7. The minimum absolute atomic E-state index is 0.0372. The lowest BCUT2D eigenvalue weighted by molar-refractivity contribution is -0.131. The normalized spacial score (nSPS) is 25.5. The highest BCUT2D eigenvalue weighted by Crippen LogP contribution is 2.48. The molecule has 2 fully saturated rings. The van der Waals surface area contributed by atoms with Gasteiger partial charge in [-0.3, -0.25) is 9.78 Å². The van der Waals surface area contributed by atoms with Gasteiger partial charge < -0.3 is 9.64 Å². The molecule has 2 heterocycles. The van der Waals surface area contributed by atoms with E-state index in [1.165, 1.54) is 12.1 Å². The minimum Gasteiger partial charge on any atom is -0.488 e. The van der Waals surface area contributed by atoms with Crippen molar-refractivity contribution in [1.82, 2.24) is 9.88 Å². The van der Waals surface area contributed by atoms with Crippen molar-refractivity contribution in [3.63, 3.8) is 0 Å². The predicted molar refractivity (Wildman–Crippen MR) is 87.1 cm³/mol. The summed E-state index contributed by atoms with van der Waals surface area (Å²) in [6.45, 7) is 1.37. The zero-order valence-electron chi connectivity index (χ0n) is 13.3. The number of carbonyl (C=O) groups is 1. The second kappa shape index (κ2) is 6.23. The van der Waals surface area contributed by atoms with Crippen LogP contribution in [0.5, 0.6) is 5.75 Å². The van der Waals surface area contributed by atoms with Gasteiger partial charge in [-0.1, -0.05) is 12.1 Å². The summed E-state index contributed by atoms with van der Waals surface area (Å²) in [5, 5.41) is 0. The SMILES string of the molecule is O=C([C@@H]1C[C@@H]1c1ccc(F)cc1)N1CC[C@H](Oc2ccncc2)C1. The van der Waals surface area contributed by atoms with Crippen LogP contribution in [0, 0.1) is 11.7 Å². The molecule has 124 valence electrons. The molecule has 1 saturated heterocycles. The molecule has 4 nitrogen and oxygen atoms in total. The fourth-order valence-corrected chi connectivity index (χ4v) is 3.41. The number of likely N-dealkylation sites (tertiary alicyclic amines) is 1. The fraction of sp³-hybridized carbons (Fsp3) is 0.368. The van der Waals surface area contributed by atoms with Gasteiger partial charge >= 0.3 is 0 Å². The third-order valence-corrected chi connectivity index (χ3v) is 4.81. The number of amides is 1. The van der Waals surface area contributed by atoms with Crippen molar-refractivity contribution in [2.24, 2.45) is 5.92 Å². The average Bonchev–Trinajstić information content (AvgIpc) is 3.27. The summed E-state index contributed by atoms with van der Waals surface area (Å²) in [5.74, 6) is 1.02. The van der Waals surface area contributed by atoms with Crippen molar-refractivity contribution in [3.05, 3.63) is 60.2 Å². The Kier molecular flexibility index (Phi) is 3.92. The molecule has 0 unspecified atom stereocenters. The summed E-state index contributed by atoms with van der Waals surface area (Å²) in [5.41, 5.74) is 1.05. The van der Waals surface area contributed by atoms with Gasteiger partial charge in [-0.15, -0.1) is 0 Å². The van der Waals surface area contributed by atoms with Crippen LogP contribution in [0.4, 0.5) is 4.39 Å². The number of hydrogen-bond acceptors (Lipinski definition) is 3. The highest BCUT2D eigenvalue weighted by Gasteiger charge is 2.46. The molecule has 1 aliphatic carbocycles. The second-order valence-corrected chi connectivity index (χ2v) is 6.50. The van der Waals surface area contributed by atoms with Gasteiger partial charge in [0.05, 0.1) is 6.54 Å². The van der Waals surface area contributed by atoms with E-state index < -0.39 is 0 Å². The van der Waals surface area contributed by atoms with Gasteiger partial charge in [-0.2, -0.15) is 0 Å². The smallest absolute Gasteiger partial charge is 0.226 e. The molecule has 1 saturated carbocycles. The van der Waals surface area contributed by atoms with Crippen LogP contribution in [0.25, 0.3) is 0 Å². The molecule has 1 aliphatic heterocycles. The summed E-state index contributed by atoms with van der Waals surface area (Å²) in [6, 6.07) is 10.2. The van der Waals surface area contributed by atoms with Crippen LogP contribution in [0.2, 0.25) is 0 Å². The number of pyridine rings is 1. The van der Waals surface area contributed by atoms with Crippen LogP contribution in [0.1, 0.15) is 24.3 Å². The Morgan fingerprint density at radius 1 is 1.17 bits per heavy atom. The van der Waals surface area contributed by atoms with Gasteiger partial charge in [0, 0.05) is 31.3 Å². The Bertz CT molecular complexity index is 720. The van der Waals surface area contributed by atoms with Gasteiger partial charge in [0.2, 0.25) is 5.91 Å². The van der Waals surface area contributed by atoms with Gasteiger partial charge in [-0.05, 0) is 42.2 Å². The maximum atomic E-state index is 13.0. The number of aromatic nitrogens is 1. The van der Waals surface area contributed by atoms with Gasteiger partial charge in [0.1, 0.15) is 17.7 Å². The summed E-state index contributed by atoms with van der Waals surface area (Å²) in [6.07, 6.45) is 5.15. The van der Waals surface area contributed by atoms with Crippen molar-refractivity contribution >= 4 is 5.91 Å². The molecular weight excluding hydrogens is 307 g/mol. The maximum Gasteiger partial charge on any atom is 0.226 e. The molecule has 0 bridgehead atoms. The summed E-state index contributed by atoms with van der Waals surface area (Å²) in [4.78, 5) is 18.5. The lowest BCUT2D eigenvalue weighted by atomic mass is 10.1. The highest BCUT2D eigenvalue weighted by molar-refractivity contribution is 5.83. The number of halogens is 1. The number of benzene rings is 1. The van der Waals surface area contributed by atoms with E-state index in [0.29, 0.717) is 6.54 Å². The van der Waals surface area contributed by atoms with E-state index in [-0.39, 0.29) is 29.7 Å². The molecule has 5 heteroatoms. The summed E-state index contributed by atoms with van der Waals surface area (Å²) < 4.78 is 18.9. The van der Waals surface area contributed by atoms with Crippen LogP contribution in [0.3, 0.4) is 0 Å². The van der Waals surface area contributed by atoms with E-state index in [2.05, 4.69) is 4.98 Å². The largest absolute Gasteiger partial charge is 0.488 e. The van der Waals surface area contributed by atoms with Crippen LogP contribution in [-0.4, -0.2) is 35.0 Å². The number of carbonyl (C=O) groups excluding carboxylic acids is 1. The minimum atomic E-state index is -0.238. The zero-order chi connectivity index (χ0) is 16.5. The van der Waals surface area contributed by atoms with E-state index in [9.17, 15) is 9.18 Å². The number of rotatable bonds is 4. The Morgan fingerprint density at radius 3 is 2.67 bits per heavy atom. The van der Waals surface area contributed by atoms with Gasteiger partial charge in [0.25, 0.3) is 0 Å². The molecule has 0 N–H and O–H groups in total. The van der Waals surface area contributed by atoms with Crippen molar-refractivity contribution in [3.8, 4) is 5.75 Å². The summed E-state index contributed by atoms with van der Waals surface area (Å²) in [7, 11) is 0. The molecule has 1 aromatic heterocycles. The lowest BCUT2D eigenvalue weighted by Crippen LogP contribution is -2.32. The second-order valence-electron chi connectivity index (χ2n) is 6.50. The maximum absolute atomic E-state index is 13.0. The van der Waals surface area contributed by atoms with Crippen molar-refractivity contribution < 1.29 is 13.9 Å². The van der Waals surface area contributed by atoms with Gasteiger partial charge in [0.15, 0.2) is 0 Å². The van der Waals surface area contributed by atoms with E-state index in [4.69, 9.17) is 4.74 Å². The van der Waals surface area contributed by atoms with Crippen molar-refractivity contribution in [2.45, 2.75) is 24.9 Å². The van der Waals surface area contributed by atoms with E-state index in [1.807, 2.05) is 17.0 Å². The molecule has 3 atom stereocenters. The van der Waals surface area contributed by atoms with Gasteiger partial charge in [-0.25, -0.2) is 4.39 Å². The van der Waals surface area contributed by atoms with Crippen LogP contribution >= 0.6 is 0 Å². The molecule has 0 radical (unpaired) electrons. The first kappa shape index (κ1) is 15.1. The topological polar surface area (TPSA) is 42.4 Å². The van der Waals surface area contributed by atoms with E-state index in [0.717, 1.165) is 30.7 Å². The first-order valence-corrected chi connectivity index (χ1v) is 8.31. The Morgan fingerprint density at radius 2 is 1.92 bits per heavy atom. The third-order valence-electron chi connectivity index (χ3n) is 4.81. The molecule has 1 amide bonds. The predicted octanol–water partition coefficient (Wildman–Crippen LogP) is 3.00. The Balaban J connectivity index is 1.33. The molecule has 1 aromatic carbocycles. The fourth-order valence-electron chi connectivity index (χ4n) is 3.41. The monoisotopic (exact) mass is 326 g/mol. The van der Waals surface area contributed by atoms with Crippen LogP contribution < -0.4 is 4.74 Å². The van der Waals surface area contributed by atoms with E-state index in [1.54, 1.807) is 24.5 Å². The molecular formula is C19H19FN2O2. The molecule has 2 aromatic rings. The van der Waals surface area contributed by atoms with Crippen LogP contribution in [-0.2, 0) is 4.79 Å². The first-order valence-electron chi connectivity index (χ1n) is 8.31. The number of hydrogen-bond donors (Lipinski definition) is 0. The average molecular weight is 326 g/mol. The highest BCUT2D eigenvalue weighted by atomic mass is 19.1. The Labute approximate surface area is 140 Å². The quantitative estimate of drug-likeness (QED) is 0.867. The molecule has 24 heavy (non-hydrogen) atoms. The van der Waals surface area contributed by atoms with Crippen LogP contribution in [0.15, 0.2) is 48.8 Å². The molecule has 2 aliphatic rings. The van der Waals surface area contributed by atoms with E-state index >= 15 is 0 Å². The Hall–Kier alpha value is -2.43. The number of ether oxygens (including phenoxy) is 1. The molecule has 4 rings (SSSR count).